The molecule has 100 valence electrons. The zero-order valence-electron chi connectivity index (χ0n) is 11.0. The van der Waals surface area contributed by atoms with Crippen molar-refractivity contribution in [2.24, 2.45) is 5.92 Å². The van der Waals surface area contributed by atoms with E-state index in [4.69, 9.17) is 10.4 Å². The first-order valence-corrected chi connectivity index (χ1v) is 6.79. The van der Waals surface area contributed by atoms with Gasteiger partial charge in [0.2, 0.25) is 0 Å². The topological polar surface area (TPSA) is 64.3 Å². The van der Waals surface area contributed by atoms with Gasteiger partial charge in [-0.05, 0) is 13.0 Å². The molecule has 1 heterocycles. The lowest BCUT2D eigenvalue weighted by atomic mass is 10.2. The minimum absolute atomic E-state index is 0.0406. The molecule has 0 saturated heterocycles. The lowest BCUT2D eigenvalue weighted by Crippen LogP contribution is -2.30. The SMILES string of the molecule is CC(C#N)CN(C)C(=O)c1csc(C#CCCO)c1. The van der Waals surface area contributed by atoms with Crippen molar-refractivity contribution in [3.8, 4) is 17.9 Å². The largest absolute Gasteiger partial charge is 0.395 e. The summed E-state index contributed by atoms with van der Waals surface area (Å²) in [5, 5.41) is 19.1. The van der Waals surface area contributed by atoms with Crippen LogP contribution in [0.15, 0.2) is 11.4 Å². The van der Waals surface area contributed by atoms with Gasteiger partial charge < -0.3 is 10.0 Å². The van der Waals surface area contributed by atoms with Crippen LogP contribution in [-0.4, -0.2) is 36.1 Å². The second-order valence-electron chi connectivity index (χ2n) is 4.19. The molecule has 1 N–H and O–H groups in total. The molecule has 1 rings (SSSR count). The van der Waals surface area contributed by atoms with Crippen LogP contribution in [0.5, 0.6) is 0 Å². The van der Waals surface area contributed by atoms with Gasteiger partial charge in [0, 0.05) is 25.4 Å². The second-order valence-corrected chi connectivity index (χ2v) is 5.10. The number of thiophene rings is 1. The zero-order chi connectivity index (χ0) is 14.3. The molecule has 19 heavy (non-hydrogen) atoms. The Labute approximate surface area is 117 Å². The summed E-state index contributed by atoms with van der Waals surface area (Å²) in [5.74, 6) is 5.43. The first-order valence-electron chi connectivity index (χ1n) is 5.91. The van der Waals surface area contributed by atoms with E-state index in [1.807, 2.05) is 0 Å². The summed E-state index contributed by atoms with van der Waals surface area (Å²) >= 11 is 1.40. The number of hydrogen-bond donors (Lipinski definition) is 1. The summed E-state index contributed by atoms with van der Waals surface area (Å²) in [7, 11) is 1.69. The van der Waals surface area contributed by atoms with E-state index in [0.29, 0.717) is 18.5 Å². The molecule has 0 fully saturated rings. The number of aliphatic hydroxyl groups is 1. The Balaban J connectivity index is 2.69. The van der Waals surface area contributed by atoms with Crippen LogP contribution >= 0.6 is 11.3 Å². The Kier molecular flexibility index (Phi) is 6.08. The molecule has 0 aromatic carbocycles. The predicted molar refractivity (Wildman–Crippen MR) is 74.6 cm³/mol. The van der Waals surface area contributed by atoms with Gasteiger partial charge in [-0.3, -0.25) is 4.79 Å². The van der Waals surface area contributed by atoms with Crippen LogP contribution in [0.25, 0.3) is 0 Å². The van der Waals surface area contributed by atoms with Crippen molar-refractivity contribution < 1.29 is 9.90 Å². The van der Waals surface area contributed by atoms with E-state index in [1.54, 1.807) is 30.3 Å². The van der Waals surface area contributed by atoms with Crippen LogP contribution in [0, 0.1) is 29.1 Å². The number of carbonyl (C=O) groups excluding carboxylic acids is 1. The maximum atomic E-state index is 12.1. The van der Waals surface area contributed by atoms with Gasteiger partial charge in [-0.15, -0.1) is 11.3 Å². The summed E-state index contributed by atoms with van der Waals surface area (Å²) in [5.41, 5.74) is 0.589. The first kappa shape index (κ1) is 15.2. The molecule has 1 atom stereocenters. The maximum Gasteiger partial charge on any atom is 0.254 e. The molecule has 0 saturated carbocycles. The quantitative estimate of drug-likeness (QED) is 0.852. The van der Waals surface area contributed by atoms with Gasteiger partial charge in [-0.2, -0.15) is 5.26 Å². The molecule has 1 aromatic heterocycles. The molecule has 0 radical (unpaired) electrons. The van der Waals surface area contributed by atoms with Crippen molar-refractivity contribution in [2.45, 2.75) is 13.3 Å². The molecule has 0 spiro atoms. The van der Waals surface area contributed by atoms with Gasteiger partial charge in [0.25, 0.3) is 5.91 Å². The van der Waals surface area contributed by atoms with E-state index in [9.17, 15) is 4.79 Å². The first-order chi connectivity index (χ1) is 9.08. The van der Waals surface area contributed by atoms with Crippen molar-refractivity contribution in [2.75, 3.05) is 20.2 Å². The molecule has 0 aliphatic carbocycles. The summed E-state index contributed by atoms with van der Waals surface area (Å²) < 4.78 is 0. The summed E-state index contributed by atoms with van der Waals surface area (Å²) in [4.78, 5) is 14.4. The van der Waals surface area contributed by atoms with Gasteiger partial charge in [-0.1, -0.05) is 11.8 Å². The van der Waals surface area contributed by atoms with Crippen LogP contribution in [0.4, 0.5) is 0 Å². The number of rotatable bonds is 4. The van der Waals surface area contributed by atoms with Gasteiger partial charge >= 0.3 is 0 Å². The van der Waals surface area contributed by atoms with Gasteiger partial charge in [0.1, 0.15) is 0 Å². The number of carbonyl (C=O) groups is 1. The minimum Gasteiger partial charge on any atom is -0.395 e. The summed E-state index contributed by atoms with van der Waals surface area (Å²) in [6, 6.07) is 3.85. The van der Waals surface area contributed by atoms with Crippen LogP contribution in [0.2, 0.25) is 0 Å². The molecular weight excluding hydrogens is 260 g/mol. The normalized spacial score (nSPS) is 11.1. The lowest BCUT2D eigenvalue weighted by molar-refractivity contribution is 0.0785. The fourth-order valence-electron chi connectivity index (χ4n) is 1.47. The fourth-order valence-corrected chi connectivity index (χ4v) is 2.22. The molecule has 1 aromatic rings. The Morgan fingerprint density at radius 2 is 2.37 bits per heavy atom. The number of amides is 1. The molecule has 5 heteroatoms. The van der Waals surface area contributed by atoms with Crippen LogP contribution < -0.4 is 0 Å². The fraction of sp³-hybridized carbons (Fsp3) is 0.429. The Hall–Kier alpha value is -1.82. The van der Waals surface area contributed by atoms with E-state index in [-0.39, 0.29) is 18.4 Å². The van der Waals surface area contributed by atoms with Crippen LogP contribution in [-0.2, 0) is 0 Å². The van der Waals surface area contributed by atoms with Crippen molar-refractivity contribution in [1.82, 2.24) is 4.90 Å². The van der Waals surface area contributed by atoms with Crippen molar-refractivity contribution in [1.29, 1.82) is 5.26 Å². The molecule has 0 bridgehead atoms. The van der Waals surface area contributed by atoms with E-state index in [2.05, 4.69) is 17.9 Å². The second kappa shape index (κ2) is 7.58. The Bertz CT molecular complexity index is 534. The average Bonchev–Trinajstić information content (AvgIpc) is 2.86. The average molecular weight is 276 g/mol. The van der Waals surface area contributed by atoms with E-state index >= 15 is 0 Å². The van der Waals surface area contributed by atoms with Crippen LogP contribution in [0.1, 0.15) is 28.6 Å². The smallest absolute Gasteiger partial charge is 0.254 e. The molecular formula is C14H16N2O2S. The molecule has 1 amide bonds. The summed E-state index contributed by atoms with van der Waals surface area (Å²) in [6.07, 6.45) is 0.431. The highest BCUT2D eigenvalue weighted by atomic mass is 32.1. The third kappa shape index (κ3) is 4.75. The molecule has 0 aliphatic rings. The summed E-state index contributed by atoms with van der Waals surface area (Å²) in [6.45, 7) is 2.23. The monoisotopic (exact) mass is 276 g/mol. The molecule has 1 unspecified atom stereocenters. The van der Waals surface area contributed by atoms with Gasteiger partial charge in [0.05, 0.1) is 29.0 Å². The van der Waals surface area contributed by atoms with E-state index < -0.39 is 0 Å². The van der Waals surface area contributed by atoms with Gasteiger partial charge in [-0.25, -0.2) is 0 Å². The number of nitriles is 1. The number of hydrogen-bond acceptors (Lipinski definition) is 4. The number of aliphatic hydroxyl groups excluding tert-OH is 1. The lowest BCUT2D eigenvalue weighted by Gasteiger charge is -2.17. The number of nitrogens with zero attached hydrogens (tertiary/aromatic N) is 2. The van der Waals surface area contributed by atoms with Crippen molar-refractivity contribution in [3.05, 3.63) is 21.9 Å². The highest BCUT2D eigenvalue weighted by Gasteiger charge is 2.15. The van der Waals surface area contributed by atoms with Crippen molar-refractivity contribution in [3.63, 3.8) is 0 Å². The third-order valence-electron chi connectivity index (χ3n) is 2.41. The van der Waals surface area contributed by atoms with E-state index in [0.717, 1.165) is 4.88 Å². The third-order valence-corrected chi connectivity index (χ3v) is 3.26. The van der Waals surface area contributed by atoms with Crippen molar-refractivity contribution >= 4 is 17.2 Å². The van der Waals surface area contributed by atoms with Gasteiger partial charge in [0.15, 0.2) is 0 Å². The molecule has 0 aliphatic heterocycles. The van der Waals surface area contributed by atoms with E-state index in [1.165, 1.54) is 11.3 Å². The minimum atomic E-state index is -0.184. The molecule has 4 nitrogen and oxygen atoms in total. The Morgan fingerprint density at radius 3 is 3.00 bits per heavy atom. The Morgan fingerprint density at radius 1 is 1.63 bits per heavy atom. The highest BCUT2D eigenvalue weighted by molar-refractivity contribution is 7.10. The predicted octanol–water partition coefficient (Wildman–Crippen LogP) is 1.71. The maximum absolute atomic E-state index is 12.1. The highest BCUT2D eigenvalue weighted by Crippen LogP contribution is 2.15. The van der Waals surface area contributed by atoms with Crippen LogP contribution in [0.3, 0.4) is 0 Å². The standard InChI is InChI=1S/C14H16N2O2S/c1-11(8-15)9-16(2)14(18)12-7-13(19-10-12)5-3-4-6-17/h7,10-11,17H,4,6,9H2,1-2H3. The zero-order valence-corrected chi connectivity index (χ0v) is 11.8.